The number of aryl methyl sites for hydroxylation is 1. The molecule has 0 saturated carbocycles. The molecule has 0 spiro atoms. The number of carbonyl (C=O) groups is 2. The highest BCUT2D eigenvalue weighted by molar-refractivity contribution is 5.97. The van der Waals surface area contributed by atoms with Crippen molar-refractivity contribution in [3.63, 3.8) is 0 Å². The first-order valence-corrected chi connectivity index (χ1v) is 8.80. The molecule has 0 aliphatic heterocycles. The van der Waals surface area contributed by atoms with Crippen LogP contribution in [-0.4, -0.2) is 31.0 Å². The van der Waals surface area contributed by atoms with Crippen molar-refractivity contribution in [2.75, 3.05) is 13.2 Å². The summed E-state index contributed by atoms with van der Waals surface area (Å²) in [6.07, 6.45) is 0. The first-order chi connectivity index (χ1) is 12.5. The summed E-state index contributed by atoms with van der Waals surface area (Å²) in [5.74, 6) is 0.274. The average Bonchev–Trinajstić information content (AvgIpc) is 2.64. The highest BCUT2D eigenvalue weighted by atomic mass is 16.5. The first kappa shape index (κ1) is 19.5. The lowest BCUT2D eigenvalue weighted by Crippen LogP contribution is -2.50. The quantitative estimate of drug-likeness (QED) is 0.716. The number of amides is 2. The second-order valence-corrected chi connectivity index (χ2v) is 6.51. The summed E-state index contributed by atoms with van der Waals surface area (Å²) >= 11 is 0. The monoisotopic (exact) mass is 354 g/mol. The molecule has 0 aliphatic carbocycles. The van der Waals surface area contributed by atoms with Gasteiger partial charge in [0.15, 0.2) is 0 Å². The molecule has 1 unspecified atom stereocenters. The van der Waals surface area contributed by atoms with E-state index >= 15 is 0 Å². The van der Waals surface area contributed by atoms with E-state index in [9.17, 15) is 9.59 Å². The summed E-state index contributed by atoms with van der Waals surface area (Å²) in [4.78, 5) is 24.7. The van der Waals surface area contributed by atoms with Crippen LogP contribution in [0.2, 0.25) is 0 Å². The Labute approximate surface area is 154 Å². The van der Waals surface area contributed by atoms with Gasteiger partial charge >= 0.3 is 0 Å². The Hall–Kier alpha value is -2.82. The van der Waals surface area contributed by atoms with Crippen molar-refractivity contribution in [2.24, 2.45) is 5.92 Å². The van der Waals surface area contributed by atoms with Gasteiger partial charge in [0.1, 0.15) is 18.4 Å². The summed E-state index contributed by atoms with van der Waals surface area (Å²) in [7, 11) is 0. The Morgan fingerprint density at radius 1 is 1.00 bits per heavy atom. The molecule has 0 aromatic heterocycles. The van der Waals surface area contributed by atoms with Crippen molar-refractivity contribution < 1.29 is 14.3 Å². The van der Waals surface area contributed by atoms with Gasteiger partial charge in [0, 0.05) is 5.56 Å². The van der Waals surface area contributed by atoms with Crippen molar-refractivity contribution in [2.45, 2.75) is 26.8 Å². The van der Waals surface area contributed by atoms with E-state index in [0.29, 0.717) is 18.7 Å². The molecule has 138 valence electrons. The van der Waals surface area contributed by atoms with E-state index in [1.54, 1.807) is 24.3 Å². The second-order valence-electron chi connectivity index (χ2n) is 6.51. The number of benzene rings is 2. The van der Waals surface area contributed by atoms with Crippen LogP contribution >= 0.6 is 0 Å². The smallest absolute Gasteiger partial charge is 0.251 e. The number of hydrogen-bond acceptors (Lipinski definition) is 3. The van der Waals surface area contributed by atoms with Gasteiger partial charge in [-0.1, -0.05) is 49.7 Å². The average molecular weight is 354 g/mol. The predicted molar refractivity (Wildman–Crippen MR) is 102 cm³/mol. The zero-order valence-corrected chi connectivity index (χ0v) is 15.5. The highest BCUT2D eigenvalue weighted by Crippen LogP contribution is 2.11. The largest absolute Gasteiger partial charge is 0.492 e. The molecule has 0 radical (unpaired) electrons. The van der Waals surface area contributed by atoms with Crippen LogP contribution < -0.4 is 15.4 Å². The molecule has 1 atom stereocenters. The van der Waals surface area contributed by atoms with Crippen LogP contribution in [0.1, 0.15) is 29.8 Å². The molecule has 0 aliphatic rings. The highest BCUT2D eigenvalue weighted by Gasteiger charge is 2.24. The van der Waals surface area contributed by atoms with Crippen LogP contribution in [0.4, 0.5) is 0 Å². The summed E-state index contributed by atoms with van der Waals surface area (Å²) in [6.45, 7) is 6.56. The summed E-state index contributed by atoms with van der Waals surface area (Å²) in [5, 5.41) is 5.63. The Bertz CT molecular complexity index is 712. The molecule has 5 heteroatoms. The number of nitrogens with one attached hydrogen (secondary N) is 2. The molecular formula is C21H26N2O3. The second kappa shape index (κ2) is 9.61. The lowest BCUT2D eigenvalue weighted by atomic mass is 10.0. The van der Waals surface area contributed by atoms with Gasteiger partial charge in [0.25, 0.3) is 5.91 Å². The standard InChI is InChI=1S/C21H26N2O3/c1-15(2)19(23-20(24)17-7-5-4-6-8-17)21(25)22-13-14-26-18-11-9-16(3)10-12-18/h4-12,15,19H,13-14H2,1-3H3,(H,22,25)(H,23,24). The van der Waals surface area contributed by atoms with Crippen molar-refractivity contribution in [1.29, 1.82) is 0 Å². The molecule has 2 rings (SSSR count). The minimum atomic E-state index is -0.595. The fourth-order valence-electron chi connectivity index (χ4n) is 2.44. The number of hydrogen-bond donors (Lipinski definition) is 2. The number of carbonyl (C=O) groups excluding carboxylic acids is 2. The molecule has 26 heavy (non-hydrogen) atoms. The third-order valence-corrected chi connectivity index (χ3v) is 3.96. The molecular weight excluding hydrogens is 328 g/mol. The van der Waals surface area contributed by atoms with E-state index in [4.69, 9.17) is 4.74 Å². The summed E-state index contributed by atoms with van der Waals surface area (Å²) in [5.41, 5.74) is 1.70. The fraction of sp³-hybridized carbons (Fsp3) is 0.333. The third kappa shape index (κ3) is 5.92. The summed E-state index contributed by atoms with van der Waals surface area (Å²) in [6, 6.07) is 16.0. The van der Waals surface area contributed by atoms with Gasteiger partial charge in [-0.05, 0) is 37.1 Å². The Morgan fingerprint density at radius 3 is 2.27 bits per heavy atom. The summed E-state index contributed by atoms with van der Waals surface area (Å²) < 4.78 is 5.60. The van der Waals surface area contributed by atoms with Crippen LogP contribution in [0.5, 0.6) is 5.75 Å². The Kier molecular flexibility index (Phi) is 7.21. The van der Waals surface area contributed by atoms with Crippen LogP contribution in [0, 0.1) is 12.8 Å². The van der Waals surface area contributed by atoms with Crippen LogP contribution in [0.25, 0.3) is 0 Å². The van der Waals surface area contributed by atoms with E-state index in [2.05, 4.69) is 10.6 Å². The maximum Gasteiger partial charge on any atom is 0.251 e. The van der Waals surface area contributed by atoms with E-state index in [0.717, 1.165) is 5.75 Å². The van der Waals surface area contributed by atoms with Crippen molar-refractivity contribution >= 4 is 11.8 Å². The molecule has 0 bridgehead atoms. The zero-order valence-electron chi connectivity index (χ0n) is 15.5. The van der Waals surface area contributed by atoms with Crippen LogP contribution in [0.3, 0.4) is 0 Å². The van der Waals surface area contributed by atoms with Gasteiger partial charge in [-0.15, -0.1) is 0 Å². The van der Waals surface area contributed by atoms with Gasteiger partial charge in [0.05, 0.1) is 6.54 Å². The van der Waals surface area contributed by atoms with E-state index in [1.807, 2.05) is 51.1 Å². The predicted octanol–water partition coefficient (Wildman–Crippen LogP) is 2.94. The number of rotatable bonds is 8. The molecule has 2 aromatic rings. The lowest BCUT2D eigenvalue weighted by Gasteiger charge is -2.21. The normalized spacial score (nSPS) is 11.7. The van der Waals surface area contributed by atoms with E-state index in [-0.39, 0.29) is 17.7 Å². The van der Waals surface area contributed by atoms with Crippen LogP contribution in [0.15, 0.2) is 54.6 Å². The van der Waals surface area contributed by atoms with E-state index in [1.165, 1.54) is 5.56 Å². The van der Waals surface area contributed by atoms with Crippen molar-refractivity contribution in [1.82, 2.24) is 10.6 Å². The van der Waals surface area contributed by atoms with Gasteiger partial charge in [-0.3, -0.25) is 9.59 Å². The lowest BCUT2D eigenvalue weighted by molar-refractivity contribution is -0.124. The first-order valence-electron chi connectivity index (χ1n) is 8.80. The van der Waals surface area contributed by atoms with Gasteiger partial charge in [-0.2, -0.15) is 0 Å². The van der Waals surface area contributed by atoms with Crippen LogP contribution in [-0.2, 0) is 4.79 Å². The van der Waals surface area contributed by atoms with Gasteiger partial charge in [-0.25, -0.2) is 0 Å². The minimum Gasteiger partial charge on any atom is -0.492 e. The minimum absolute atomic E-state index is 0.0271. The maximum absolute atomic E-state index is 12.4. The van der Waals surface area contributed by atoms with Gasteiger partial charge in [0.2, 0.25) is 5.91 Å². The molecule has 0 heterocycles. The Balaban J connectivity index is 1.82. The third-order valence-electron chi connectivity index (χ3n) is 3.96. The number of ether oxygens (including phenoxy) is 1. The molecule has 0 fully saturated rings. The SMILES string of the molecule is Cc1ccc(OCCNC(=O)C(NC(=O)c2ccccc2)C(C)C)cc1. The van der Waals surface area contributed by atoms with E-state index < -0.39 is 6.04 Å². The molecule has 5 nitrogen and oxygen atoms in total. The fourth-order valence-corrected chi connectivity index (χ4v) is 2.44. The maximum atomic E-state index is 12.4. The topological polar surface area (TPSA) is 67.4 Å². The zero-order chi connectivity index (χ0) is 18.9. The molecule has 2 amide bonds. The molecule has 2 aromatic carbocycles. The van der Waals surface area contributed by atoms with Gasteiger partial charge < -0.3 is 15.4 Å². The van der Waals surface area contributed by atoms with Crippen molar-refractivity contribution in [3.05, 3.63) is 65.7 Å². The molecule has 2 N–H and O–H groups in total. The molecule has 0 saturated heterocycles. The Morgan fingerprint density at radius 2 is 1.65 bits per heavy atom. The van der Waals surface area contributed by atoms with Crippen molar-refractivity contribution in [3.8, 4) is 5.75 Å².